The van der Waals surface area contributed by atoms with E-state index in [2.05, 4.69) is 118 Å². The van der Waals surface area contributed by atoms with Crippen LogP contribution in [0.15, 0.2) is 91.0 Å². The molecule has 0 fully saturated rings. The highest BCUT2D eigenvalue weighted by molar-refractivity contribution is 6.99. The third-order valence-electron chi connectivity index (χ3n) is 7.60. The van der Waals surface area contributed by atoms with Crippen LogP contribution < -0.4 is 10.4 Å². The molecule has 0 amide bonds. The Morgan fingerprint density at radius 2 is 1.17 bits per heavy atom. The Hall–Kier alpha value is -2.68. The van der Waals surface area contributed by atoms with Crippen LogP contribution in [0, 0.1) is 11.8 Å². The molecular weight excluding hydrogens is 520 g/mol. The minimum atomic E-state index is -2.65. The number of hydrogen-bond donors (Lipinski definition) is 1. The maximum absolute atomic E-state index is 10.6. The molecule has 2 atom stereocenters. The van der Waals surface area contributed by atoms with Gasteiger partial charge in [-0.25, -0.2) is 0 Å². The lowest BCUT2D eigenvalue weighted by Crippen LogP contribution is -2.67. The van der Waals surface area contributed by atoms with E-state index in [0.29, 0.717) is 13.0 Å². The zero-order chi connectivity index (χ0) is 29.4. The molecule has 0 saturated heterocycles. The van der Waals surface area contributed by atoms with Crippen molar-refractivity contribution >= 4 is 18.7 Å². The predicted octanol–water partition coefficient (Wildman–Crippen LogP) is 7.65. The molecule has 3 rings (SSSR count). The quantitative estimate of drug-likeness (QED) is 0.109. The molecule has 0 bridgehead atoms. The molecular formula is C37H50O3Si. The first-order valence-corrected chi connectivity index (χ1v) is 17.3. The zero-order valence-corrected chi connectivity index (χ0v) is 26.6. The molecule has 3 aromatic carbocycles. The Bertz CT molecular complexity index is 1120. The van der Waals surface area contributed by atoms with Gasteiger partial charge in [-0.05, 0) is 47.2 Å². The van der Waals surface area contributed by atoms with E-state index in [1.54, 1.807) is 0 Å². The Balaban J connectivity index is 1.40. The Morgan fingerprint density at radius 3 is 1.71 bits per heavy atom. The van der Waals surface area contributed by atoms with E-state index < -0.39 is 14.4 Å². The van der Waals surface area contributed by atoms with Crippen molar-refractivity contribution in [3.63, 3.8) is 0 Å². The summed E-state index contributed by atoms with van der Waals surface area (Å²) in [5.74, 6) is 6.34. The first kappa shape index (κ1) is 32.8. The van der Waals surface area contributed by atoms with Crippen molar-refractivity contribution < 1.29 is 14.3 Å². The van der Waals surface area contributed by atoms with Gasteiger partial charge in [-0.3, -0.25) is 0 Å². The second kappa shape index (κ2) is 17.3. The number of ether oxygens (including phenoxy) is 1. The van der Waals surface area contributed by atoms with Crippen LogP contribution in [0.4, 0.5) is 0 Å². The van der Waals surface area contributed by atoms with Crippen molar-refractivity contribution in [2.75, 3.05) is 6.61 Å². The fourth-order valence-corrected chi connectivity index (χ4v) is 10.1. The van der Waals surface area contributed by atoms with E-state index in [-0.39, 0.29) is 11.1 Å². The van der Waals surface area contributed by atoms with Crippen molar-refractivity contribution in [2.24, 2.45) is 0 Å². The normalized spacial score (nSPS) is 13.3. The molecule has 0 saturated carbocycles. The van der Waals surface area contributed by atoms with Crippen LogP contribution in [0.3, 0.4) is 0 Å². The molecule has 1 N–H and O–H groups in total. The standard InChI is InChI=1S/C37H50O3Si/c1-32(40-41(37(2,3)4,35-24-16-11-17-25-35)36-26-18-12-19-27-36)28-29-34(38)23-15-8-6-5-7-9-20-30-39-31-33-21-13-10-14-22-33/h10-14,16-19,21-22,24-27,32,34,38H,5-9,15,20,23,30-31H2,1-4H3. The second-order valence-corrected chi connectivity index (χ2v) is 16.3. The van der Waals surface area contributed by atoms with Crippen LogP contribution in [0.2, 0.25) is 5.04 Å². The highest BCUT2D eigenvalue weighted by Crippen LogP contribution is 2.37. The Kier molecular flexibility index (Phi) is 13.9. The first-order chi connectivity index (χ1) is 19.8. The van der Waals surface area contributed by atoms with E-state index in [4.69, 9.17) is 9.16 Å². The van der Waals surface area contributed by atoms with E-state index in [1.807, 2.05) is 13.0 Å². The van der Waals surface area contributed by atoms with Crippen LogP contribution in [0.1, 0.15) is 84.6 Å². The van der Waals surface area contributed by atoms with Gasteiger partial charge in [0, 0.05) is 6.61 Å². The van der Waals surface area contributed by atoms with Crippen LogP contribution in [-0.2, 0) is 15.8 Å². The van der Waals surface area contributed by atoms with Crippen molar-refractivity contribution in [1.29, 1.82) is 0 Å². The maximum Gasteiger partial charge on any atom is 0.262 e. The van der Waals surface area contributed by atoms with Crippen LogP contribution in [-0.4, -0.2) is 32.2 Å². The largest absolute Gasteiger partial charge is 0.394 e. The molecule has 3 aromatic rings. The van der Waals surface area contributed by atoms with E-state index in [9.17, 15) is 5.11 Å². The van der Waals surface area contributed by atoms with Gasteiger partial charge in [0.15, 0.2) is 0 Å². The first-order valence-electron chi connectivity index (χ1n) is 15.4. The summed E-state index contributed by atoms with van der Waals surface area (Å²) in [7, 11) is -2.65. The highest BCUT2D eigenvalue weighted by Gasteiger charge is 2.50. The average Bonchev–Trinajstić information content (AvgIpc) is 2.98. The van der Waals surface area contributed by atoms with Gasteiger partial charge in [0.25, 0.3) is 8.32 Å². The fraction of sp³-hybridized carbons (Fsp3) is 0.459. The molecule has 4 heteroatoms. The van der Waals surface area contributed by atoms with Crippen molar-refractivity contribution in [3.8, 4) is 11.8 Å². The summed E-state index contributed by atoms with van der Waals surface area (Å²) in [5, 5.41) is 13.0. The van der Waals surface area contributed by atoms with E-state index in [1.165, 1.54) is 41.6 Å². The number of aliphatic hydroxyl groups is 1. The molecule has 0 aromatic heterocycles. The van der Waals surface area contributed by atoms with Gasteiger partial charge < -0.3 is 14.3 Å². The number of benzene rings is 3. The molecule has 0 aliphatic heterocycles. The Labute approximate surface area is 250 Å². The summed E-state index contributed by atoms with van der Waals surface area (Å²) in [5.41, 5.74) is 1.24. The third-order valence-corrected chi connectivity index (χ3v) is 12.7. The van der Waals surface area contributed by atoms with Gasteiger partial charge in [0.2, 0.25) is 0 Å². The van der Waals surface area contributed by atoms with Crippen LogP contribution >= 0.6 is 0 Å². The summed E-state index contributed by atoms with van der Waals surface area (Å²) < 4.78 is 12.8. The average molecular weight is 571 g/mol. The number of unbranched alkanes of at least 4 members (excludes halogenated alkanes) is 6. The monoisotopic (exact) mass is 570 g/mol. The number of hydrogen-bond acceptors (Lipinski definition) is 3. The molecule has 2 unspecified atom stereocenters. The molecule has 41 heavy (non-hydrogen) atoms. The summed E-state index contributed by atoms with van der Waals surface area (Å²) in [6, 6.07) is 31.6. The molecule has 0 aliphatic carbocycles. The smallest absolute Gasteiger partial charge is 0.262 e. The lowest BCUT2D eigenvalue weighted by Gasteiger charge is -2.44. The molecule has 0 radical (unpaired) electrons. The summed E-state index contributed by atoms with van der Waals surface area (Å²) in [6.07, 6.45) is 7.98. The van der Waals surface area contributed by atoms with Crippen LogP contribution in [0.5, 0.6) is 0 Å². The van der Waals surface area contributed by atoms with Crippen molar-refractivity contribution in [2.45, 2.75) is 103 Å². The van der Waals surface area contributed by atoms with E-state index in [0.717, 1.165) is 25.9 Å². The van der Waals surface area contributed by atoms with Crippen molar-refractivity contribution in [1.82, 2.24) is 0 Å². The topological polar surface area (TPSA) is 38.7 Å². The number of aliphatic hydroxyl groups excluding tert-OH is 1. The van der Waals surface area contributed by atoms with Gasteiger partial charge in [-0.2, -0.15) is 0 Å². The van der Waals surface area contributed by atoms with Gasteiger partial charge in [-0.1, -0.05) is 156 Å². The van der Waals surface area contributed by atoms with Gasteiger partial charge >= 0.3 is 0 Å². The lowest BCUT2D eigenvalue weighted by atomic mass is 10.1. The van der Waals surface area contributed by atoms with Crippen LogP contribution in [0.25, 0.3) is 0 Å². The molecule has 220 valence electrons. The molecule has 3 nitrogen and oxygen atoms in total. The minimum Gasteiger partial charge on any atom is -0.394 e. The van der Waals surface area contributed by atoms with Gasteiger partial charge in [0.05, 0.1) is 6.61 Å². The summed E-state index contributed by atoms with van der Waals surface area (Å²) in [6.45, 7) is 10.4. The van der Waals surface area contributed by atoms with Crippen molar-refractivity contribution in [3.05, 3.63) is 96.6 Å². The number of rotatable bonds is 16. The summed E-state index contributed by atoms with van der Waals surface area (Å²) >= 11 is 0. The zero-order valence-electron chi connectivity index (χ0n) is 25.6. The molecule has 0 spiro atoms. The third kappa shape index (κ3) is 10.6. The molecule has 0 aliphatic rings. The predicted molar refractivity (Wildman–Crippen MR) is 175 cm³/mol. The highest BCUT2D eigenvalue weighted by atomic mass is 28.4. The van der Waals surface area contributed by atoms with Gasteiger partial charge in [-0.15, -0.1) is 0 Å². The fourth-order valence-electron chi connectivity index (χ4n) is 5.46. The van der Waals surface area contributed by atoms with E-state index >= 15 is 0 Å². The molecule has 0 heterocycles. The SMILES string of the molecule is CC(C#CC(O)CCCCCCCCCOCc1ccccc1)O[Si](c1ccccc1)(c1ccccc1)C(C)(C)C. The van der Waals surface area contributed by atoms with Gasteiger partial charge in [0.1, 0.15) is 12.2 Å². The maximum atomic E-state index is 10.6. The minimum absolute atomic E-state index is 0.0978. The lowest BCUT2D eigenvalue weighted by molar-refractivity contribution is 0.116. The Morgan fingerprint density at radius 1 is 0.683 bits per heavy atom. The second-order valence-electron chi connectivity index (χ2n) is 12.0. The summed E-state index contributed by atoms with van der Waals surface area (Å²) in [4.78, 5) is 0.